The normalized spacial score (nSPS) is 14.3. The Labute approximate surface area is 244 Å². The van der Waals surface area contributed by atoms with Crippen molar-refractivity contribution < 1.29 is 14.2 Å². The number of halogens is 1. The Morgan fingerprint density at radius 3 is 2.73 bits per heavy atom. The maximum absolute atomic E-state index is 9.81. The largest absolute Gasteiger partial charge is 0.493 e. The van der Waals surface area contributed by atoms with Crippen LogP contribution in [0, 0.1) is 11.3 Å². The monoisotopic (exact) mass is 580 g/mol. The zero-order valence-corrected chi connectivity index (χ0v) is 24.5. The zero-order chi connectivity index (χ0) is 28.5. The Morgan fingerprint density at radius 1 is 1.27 bits per heavy atom. The van der Waals surface area contributed by atoms with Crippen molar-refractivity contribution in [2.45, 2.75) is 23.4 Å². The second-order valence-corrected chi connectivity index (χ2v) is 10.6. The first-order valence-electron chi connectivity index (χ1n) is 12.9. The van der Waals surface area contributed by atoms with Crippen molar-refractivity contribution in [2.75, 3.05) is 51.9 Å². The van der Waals surface area contributed by atoms with Gasteiger partial charge in [0, 0.05) is 61.3 Å². The summed E-state index contributed by atoms with van der Waals surface area (Å²) >= 11 is 8.10. The van der Waals surface area contributed by atoms with E-state index in [1.807, 2.05) is 42.1 Å². The maximum atomic E-state index is 9.81. The average molecular weight is 581 g/mol. The summed E-state index contributed by atoms with van der Waals surface area (Å²) in [5, 5.41) is 14.6. The van der Waals surface area contributed by atoms with Gasteiger partial charge in [-0.25, -0.2) is 4.98 Å². The molecule has 40 heavy (non-hydrogen) atoms. The number of nitrogens with zero attached hydrogens (tertiary/aromatic N) is 5. The van der Waals surface area contributed by atoms with Crippen LogP contribution in [0.1, 0.15) is 18.9 Å². The van der Waals surface area contributed by atoms with Crippen LogP contribution in [0.15, 0.2) is 63.3 Å². The van der Waals surface area contributed by atoms with Crippen LogP contribution < -0.4 is 14.8 Å². The van der Waals surface area contributed by atoms with Crippen LogP contribution in [0.3, 0.4) is 0 Å². The van der Waals surface area contributed by atoms with Crippen molar-refractivity contribution in [1.82, 2.24) is 14.5 Å². The van der Waals surface area contributed by atoms with Gasteiger partial charge in [0.15, 0.2) is 16.7 Å². The number of nitrogens with one attached hydrogen (secondary N) is 1. The van der Waals surface area contributed by atoms with Gasteiger partial charge in [0.2, 0.25) is 0 Å². The van der Waals surface area contributed by atoms with Gasteiger partial charge in [-0.1, -0.05) is 23.4 Å². The van der Waals surface area contributed by atoms with Crippen LogP contribution in [-0.4, -0.2) is 67.7 Å². The molecule has 0 radical (unpaired) electrons. The van der Waals surface area contributed by atoms with Gasteiger partial charge in [-0.2, -0.15) is 5.26 Å². The van der Waals surface area contributed by atoms with Gasteiger partial charge >= 0.3 is 0 Å². The quantitative estimate of drug-likeness (QED) is 0.157. The Kier molecular flexibility index (Phi) is 10.5. The molecular weight excluding hydrogens is 548 g/mol. The molecule has 0 bridgehead atoms. The van der Waals surface area contributed by atoms with Crippen LogP contribution in [-0.2, 0) is 11.8 Å². The number of anilines is 1. The van der Waals surface area contributed by atoms with E-state index in [0.29, 0.717) is 45.6 Å². The molecule has 2 aromatic carbocycles. The molecule has 9 nitrogen and oxygen atoms in total. The standard InChI is InChI=1S/C29H33ClN6O3S/c1-20(19-31)28(34-21-6-7-27(23(30)16-21)40-29-33-8-10-35(29)3)22-17-25(37-4)26(18-24(22)32-2)39-13-5-9-36-11-14-38-15-12-36/h6-8,10,16-18,34H,2,5,9,11-15H2,1,3-4H3/b28-20-. The molecule has 2 heterocycles. The molecule has 0 atom stereocenters. The highest BCUT2D eigenvalue weighted by Crippen LogP contribution is 2.40. The molecule has 0 amide bonds. The van der Waals surface area contributed by atoms with Crippen molar-refractivity contribution in [1.29, 1.82) is 5.26 Å². The minimum absolute atomic E-state index is 0.466. The number of ether oxygens (including phenoxy) is 3. The second-order valence-electron chi connectivity index (χ2n) is 9.14. The molecular formula is C29H33ClN6O3S. The van der Waals surface area contributed by atoms with Crippen molar-refractivity contribution in [3.63, 3.8) is 0 Å². The van der Waals surface area contributed by atoms with Gasteiger partial charge in [0.05, 0.1) is 55.0 Å². The fourth-order valence-corrected chi connectivity index (χ4v) is 5.32. The summed E-state index contributed by atoms with van der Waals surface area (Å²) in [7, 11) is 3.52. The number of methoxy groups -OCH3 is 1. The summed E-state index contributed by atoms with van der Waals surface area (Å²) < 4.78 is 19.1. The van der Waals surface area contributed by atoms with E-state index in [1.165, 1.54) is 11.8 Å². The maximum Gasteiger partial charge on any atom is 0.172 e. The molecule has 1 N–H and O–H groups in total. The third kappa shape index (κ3) is 7.37. The van der Waals surface area contributed by atoms with E-state index in [9.17, 15) is 5.26 Å². The van der Waals surface area contributed by atoms with Gasteiger partial charge in [-0.3, -0.25) is 9.89 Å². The molecule has 210 valence electrons. The van der Waals surface area contributed by atoms with Crippen molar-refractivity contribution in [2.24, 2.45) is 12.0 Å². The molecule has 1 aliphatic heterocycles. The number of hydrogen-bond donors (Lipinski definition) is 1. The van der Waals surface area contributed by atoms with Gasteiger partial charge in [-0.15, -0.1) is 0 Å². The third-order valence-corrected chi connectivity index (χ3v) is 8.00. The molecule has 0 unspecified atom stereocenters. The molecule has 0 aliphatic carbocycles. The van der Waals surface area contributed by atoms with E-state index in [1.54, 1.807) is 26.3 Å². The summed E-state index contributed by atoms with van der Waals surface area (Å²) in [6, 6.07) is 11.5. The van der Waals surface area contributed by atoms with Crippen LogP contribution in [0.2, 0.25) is 5.02 Å². The highest BCUT2D eigenvalue weighted by Gasteiger charge is 2.18. The van der Waals surface area contributed by atoms with Crippen LogP contribution in [0.4, 0.5) is 11.4 Å². The van der Waals surface area contributed by atoms with Crippen molar-refractivity contribution in [3.8, 4) is 17.6 Å². The number of morpholine rings is 1. The van der Waals surface area contributed by atoms with E-state index >= 15 is 0 Å². The van der Waals surface area contributed by atoms with Crippen molar-refractivity contribution >= 4 is 47.2 Å². The van der Waals surface area contributed by atoms with E-state index in [-0.39, 0.29) is 0 Å². The molecule has 0 spiro atoms. The molecule has 3 aromatic rings. The number of imidazole rings is 1. The van der Waals surface area contributed by atoms with Gasteiger partial charge in [0.25, 0.3) is 0 Å². The number of allylic oxidation sites excluding steroid dienone is 1. The number of benzene rings is 2. The molecule has 1 aliphatic rings. The summed E-state index contributed by atoms with van der Waals surface area (Å²) in [5.41, 5.74) is 2.98. The predicted octanol–water partition coefficient (Wildman–Crippen LogP) is 6.03. The highest BCUT2D eigenvalue weighted by molar-refractivity contribution is 7.99. The number of aryl methyl sites for hydroxylation is 1. The Hall–Kier alpha value is -3.49. The number of nitriles is 1. The SMILES string of the molecule is C=Nc1cc(OCCCN2CCOCC2)c(OC)cc1/C(Nc1ccc(Sc2nccn2C)c(Cl)c1)=C(\C)C#N. The Morgan fingerprint density at radius 2 is 2.08 bits per heavy atom. The fraction of sp³-hybridized carbons (Fsp3) is 0.345. The topological polar surface area (TPSA) is 96.9 Å². The first kappa shape index (κ1) is 29.5. The molecule has 0 saturated carbocycles. The van der Waals surface area contributed by atoms with Crippen molar-refractivity contribution in [3.05, 3.63) is 58.9 Å². The van der Waals surface area contributed by atoms with E-state index in [2.05, 4.69) is 33.0 Å². The first-order chi connectivity index (χ1) is 19.4. The molecule has 1 saturated heterocycles. The van der Waals surface area contributed by atoms with E-state index in [4.69, 9.17) is 25.8 Å². The van der Waals surface area contributed by atoms with Crippen LogP contribution in [0.25, 0.3) is 5.70 Å². The van der Waals surface area contributed by atoms with Gasteiger partial charge in [-0.05, 0) is 44.3 Å². The minimum Gasteiger partial charge on any atom is -0.493 e. The predicted molar refractivity (Wildman–Crippen MR) is 160 cm³/mol. The minimum atomic E-state index is 0.466. The molecule has 1 aromatic heterocycles. The molecule has 4 rings (SSSR count). The lowest BCUT2D eigenvalue weighted by molar-refractivity contribution is 0.0357. The zero-order valence-electron chi connectivity index (χ0n) is 22.9. The van der Waals surface area contributed by atoms with Crippen LogP contribution in [0.5, 0.6) is 11.5 Å². The lowest BCUT2D eigenvalue weighted by atomic mass is 10.0. The van der Waals surface area contributed by atoms with E-state index < -0.39 is 0 Å². The Balaban J connectivity index is 1.53. The fourth-order valence-electron chi connectivity index (χ4n) is 4.22. The summed E-state index contributed by atoms with van der Waals surface area (Å²) in [4.78, 5) is 11.8. The van der Waals surface area contributed by atoms with Gasteiger partial charge in [0.1, 0.15) is 0 Å². The summed E-state index contributed by atoms with van der Waals surface area (Å²) in [6.45, 7) is 10.4. The number of aliphatic imine (C=N–C) groups is 1. The summed E-state index contributed by atoms with van der Waals surface area (Å²) in [5.74, 6) is 1.11. The lowest BCUT2D eigenvalue weighted by Crippen LogP contribution is -2.37. The van der Waals surface area contributed by atoms with Crippen LogP contribution >= 0.6 is 23.4 Å². The van der Waals surface area contributed by atoms with Gasteiger partial charge < -0.3 is 24.1 Å². The first-order valence-corrected chi connectivity index (χ1v) is 14.1. The number of aromatic nitrogens is 2. The molecule has 1 fully saturated rings. The highest BCUT2D eigenvalue weighted by atomic mass is 35.5. The Bertz CT molecular complexity index is 1410. The third-order valence-electron chi connectivity index (χ3n) is 6.42. The number of hydrogen-bond acceptors (Lipinski definition) is 9. The smallest absolute Gasteiger partial charge is 0.172 e. The molecule has 11 heteroatoms. The summed E-state index contributed by atoms with van der Waals surface area (Å²) in [6.07, 6.45) is 4.50. The lowest BCUT2D eigenvalue weighted by Gasteiger charge is -2.26. The average Bonchev–Trinajstić information content (AvgIpc) is 3.39. The second kappa shape index (κ2) is 14.2. The van der Waals surface area contributed by atoms with E-state index in [0.717, 1.165) is 55.0 Å². The number of rotatable bonds is 12.